The lowest BCUT2D eigenvalue weighted by molar-refractivity contribution is 0.187. The van der Waals surface area contributed by atoms with Crippen LogP contribution in [0.2, 0.25) is 0 Å². The summed E-state index contributed by atoms with van der Waals surface area (Å²) in [5.74, 6) is 0.933. The van der Waals surface area contributed by atoms with E-state index in [-0.39, 0.29) is 0 Å². The number of nitrogens with one attached hydrogen (secondary N) is 1. The zero-order chi connectivity index (χ0) is 14.2. The van der Waals surface area contributed by atoms with Gasteiger partial charge in [0.25, 0.3) is 0 Å². The number of methoxy groups -OCH3 is 1. The molecule has 0 saturated carbocycles. The van der Waals surface area contributed by atoms with Crippen molar-refractivity contribution in [1.29, 1.82) is 0 Å². The molecule has 0 radical (unpaired) electrons. The third-order valence-corrected chi connectivity index (χ3v) is 3.12. The first kappa shape index (κ1) is 14.6. The Morgan fingerprint density at radius 3 is 2.95 bits per heavy atom. The minimum absolute atomic E-state index is 0.700. The Hall–Kier alpha value is -1.82. The van der Waals surface area contributed by atoms with Crippen LogP contribution >= 0.6 is 0 Å². The zero-order valence-corrected chi connectivity index (χ0v) is 12.2. The van der Waals surface area contributed by atoms with Crippen molar-refractivity contribution in [3.05, 3.63) is 30.6 Å². The SMILES string of the molecule is COCCn1cc(C)nc1NCCCCn1ccnc1. The van der Waals surface area contributed by atoms with E-state index < -0.39 is 0 Å². The molecular weight excluding hydrogens is 254 g/mol. The van der Waals surface area contributed by atoms with Gasteiger partial charge in [0.1, 0.15) is 0 Å². The molecule has 0 amide bonds. The number of hydrogen-bond acceptors (Lipinski definition) is 4. The second-order valence-electron chi connectivity index (χ2n) is 4.83. The summed E-state index contributed by atoms with van der Waals surface area (Å²) in [7, 11) is 1.72. The number of aryl methyl sites for hydroxylation is 2. The molecule has 20 heavy (non-hydrogen) atoms. The van der Waals surface area contributed by atoms with Crippen molar-refractivity contribution < 1.29 is 4.74 Å². The number of imidazole rings is 2. The van der Waals surface area contributed by atoms with Gasteiger partial charge in [0.2, 0.25) is 5.95 Å². The van der Waals surface area contributed by atoms with E-state index in [9.17, 15) is 0 Å². The lowest BCUT2D eigenvalue weighted by atomic mass is 10.3. The van der Waals surface area contributed by atoms with Crippen molar-refractivity contribution in [1.82, 2.24) is 19.1 Å². The topological polar surface area (TPSA) is 56.9 Å². The van der Waals surface area contributed by atoms with Crippen LogP contribution in [-0.4, -0.2) is 39.4 Å². The fraction of sp³-hybridized carbons (Fsp3) is 0.571. The second kappa shape index (κ2) is 7.69. The largest absolute Gasteiger partial charge is 0.383 e. The van der Waals surface area contributed by atoms with Gasteiger partial charge in [-0.1, -0.05) is 0 Å². The Morgan fingerprint density at radius 2 is 2.20 bits per heavy atom. The average molecular weight is 277 g/mol. The summed E-state index contributed by atoms with van der Waals surface area (Å²) >= 11 is 0. The first-order valence-electron chi connectivity index (χ1n) is 7.02. The number of ether oxygens (including phenoxy) is 1. The molecule has 110 valence electrons. The number of rotatable bonds is 9. The second-order valence-corrected chi connectivity index (χ2v) is 4.83. The van der Waals surface area contributed by atoms with Crippen molar-refractivity contribution in [3.63, 3.8) is 0 Å². The maximum absolute atomic E-state index is 5.11. The number of aromatic nitrogens is 4. The van der Waals surface area contributed by atoms with Gasteiger partial charge in [-0.3, -0.25) is 0 Å². The monoisotopic (exact) mass is 277 g/mol. The molecule has 0 spiro atoms. The van der Waals surface area contributed by atoms with Gasteiger partial charge >= 0.3 is 0 Å². The van der Waals surface area contributed by atoms with Crippen LogP contribution in [0.5, 0.6) is 0 Å². The van der Waals surface area contributed by atoms with Gasteiger partial charge in [-0.2, -0.15) is 0 Å². The molecule has 0 unspecified atom stereocenters. The molecule has 0 atom stereocenters. The van der Waals surface area contributed by atoms with Crippen LogP contribution in [0.4, 0.5) is 5.95 Å². The fourth-order valence-corrected chi connectivity index (χ4v) is 2.09. The van der Waals surface area contributed by atoms with Crippen molar-refractivity contribution >= 4 is 5.95 Å². The summed E-state index contributed by atoms with van der Waals surface area (Å²) in [6.45, 7) is 5.48. The fourth-order valence-electron chi connectivity index (χ4n) is 2.09. The molecule has 0 aromatic carbocycles. The molecule has 2 aromatic rings. The molecule has 1 N–H and O–H groups in total. The Kier molecular flexibility index (Phi) is 5.61. The van der Waals surface area contributed by atoms with E-state index in [1.165, 1.54) is 0 Å². The van der Waals surface area contributed by atoms with Gasteiger partial charge in [0.15, 0.2) is 0 Å². The Morgan fingerprint density at radius 1 is 1.30 bits per heavy atom. The number of unbranched alkanes of at least 4 members (excludes halogenated alkanes) is 1. The normalized spacial score (nSPS) is 10.9. The molecular formula is C14H23N5O. The highest BCUT2D eigenvalue weighted by Gasteiger charge is 2.04. The number of hydrogen-bond donors (Lipinski definition) is 1. The van der Waals surface area contributed by atoms with Gasteiger partial charge < -0.3 is 19.2 Å². The smallest absolute Gasteiger partial charge is 0.203 e. The first-order valence-corrected chi connectivity index (χ1v) is 7.02. The molecule has 2 rings (SSSR count). The van der Waals surface area contributed by atoms with Gasteiger partial charge in [0.05, 0.1) is 18.6 Å². The highest BCUT2D eigenvalue weighted by Crippen LogP contribution is 2.08. The van der Waals surface area contributed by atoms with E-state index in [4.69, 9.17) is 4.74 Å². The Bertz CT molecular complexity index is 492. The van der Waals surface area contributed by atoms with Crippen LogP contribution in [0, 0.1) is 6.92 Å². The van der Waals surface area contributed by atoms with Crippen molar-refractivity contribution in [2.75, 3.05) is 25.6 Å². The molecule has 2 aromatic heterocycles. The molecule has 0 aliphatic carbocycles. The number of anilines is 1. The minimum atomic E-state index is 0.700. The maximum Gasteiger partial charge on any atom is 0.203 e. The van der Waals surface area contributed by atoms with E-state index in [0.29, 0.717) is 6.61 Å². The maximum atomic E-state index is 5.11. The Labute approximate surface area is 119 Å². The van der Waals surface area contributed by atoms with Crippen LogP contribution in [0.25, 0.3) is 0 Å². The van der Waals surface area contributed by atoms with Crippen molar-refractivity contribution in [2.45, 2.75) is 32.9 Å². The van der Waals surface area contributed by atoms with E-state index in [2.05, 4.69) is 24.4 Å². The third kappa shape index (κ3) is 4.38. The minimum Gasteiger partial charge on any atom is -0.383 e. The number of nitrogens with zero attached hydrogens (tertiary/aromatic N) is 4. The van der Waals surface area contributed by atoms with Gasteiger partial charge in [-0.25, -0.2) is 9.97 Å². The van der Waals surface area contributed by atoms with Crippen molar-refractivity contribution in [3.8, 4) is 0 Å². The molecule has 0 aliphatic rings. The molecule has 6 nitrogen and oxygen atoms in total. The van der Waals surface area contributed by atoms with Crippen LogP contribution in [0.1, 0.15) is 18.5 Å². The third-order valence-electron chi connectivity index (χ3n) is 3.12. The van der Waals surface area contributed by atoms with Gasteiger partial charge in [-0.15, -0.1) is 0 Å². The van der Waals surface area contributed by atoms with Crippen LogP contribution < -0.4 is 5.32 Å². The van der Waals surface area contributed by atoms with E-state index in [1.807, 2.05) is 31.8 Å². The molecule has 6 heteroatoms. The van der Waals surface area contributed by atoms with E-state index in [1.54, 1.807) is 7.11 Å². The summed E-state index contributed by atoms with van der Waals surface area (Å²) in [6, 6.07) is 0. The molecule has 0 saturated heterocycles. The average Bonchev–Trinajstić information content (AvgIpc) is 3.06. The van der Waals surface area contributed by atoms with Gasteiger partial charge in [-0.05, 0) is 19.8 Å². The predicted molar refractivity (Wildman–Crippen MR) is 78.8 cm³/mol. The first-order chi connectivity index (χ1) is 9.79. The molecule has 0 aliphatic heterocycles. The predicted octanol–water partition coefficient (Wildman–Crippen LogP) is 1.93. The van der Waals surface area contributed by atoms with E-state index >= 15 is 0 Å². The highest BCUT2D eigenvalue weighted by atomic mass is 16.5. The summed E-state index contributed by atoms with van der Waals surface area (Å²) in [5, 5.41) is 3.39. The standard InChI is InChI=1S/C14H23N5O/c1-13-11-19(9-10-20-2)14(17-13)16-5-3-4-7-18-8-6-15-12-18/h6,8,11-12H,3-5,7,9-10H2,1-2H3,(H,16,17). The summed E-state index contributed by atoms with van der Waals surface area (Å²) in [6.07, 6.45) is 9.94. The van der Waals surface area contributed by atoms with Crippen LogP contribution in [0.15, 0.2) is 24.9 Å². The summed E-state index contributed by atoms with van der Waals surface area (Å²) in [5.41, 5.74) is 1.03. The van der Waals surface area contributed by atoms with Crippen LogP contribution in [0.3, 0.4) is 0 Å². The highest BCUT2D eigenvalue weighted by molar-refractivity contribution is 5.28. The zero-order valence-electron chi connectivity index (χ0n) is 12.2. The van der Waals surface area contributed by atoms with Crippen molar-refractivity contribution in [2.24, 2.45) is 0 Å². The molecule has 2 heterocycles. The molecule has 0 fully saturated rings. The Balaban J connectivity index is 1.70. The summed E-state index contributed by atoms with van der Waals surface area (Å²) < 4.78 is 9.32. The molecule has 0 bridgehead atoms. The lowest BCUT2D eigenvalue weighted by Crippen LogP contribution is -2.11. The van der Waals surface area contributed by atoms with Gasteiger partial charge in [0, 0.05) is 45.3 Å². The lowest BCUT2D eigenvalue weighted by Gasteiger charge is -2.09. The van der Waals surface area contributed by atoms with Crippen LogP contribution in [-0.2, 0) is 17.8 Å². The van der Waals surface area contributed by atoms with E-state index in [0.717, 1.165) is 44.1 Å². The quantitative estimate of drug-likeness (QED) is 0.712. The summed E-state index contributed by atoms with van der Waals surface area (Å²) in [4.78, 5) is 8.53.